The van der Waals surface area contributed by atoms with E-state index in [9.17, 15) is 0 Å². The maximum atomic E-state index is 5.54. The van der Waals surface area contributed by atoms with Gasteiger partial charge in [0.05, 0.1) is 6.61 Å². The molecule has 0 radical (unpaired) electrons. The summed E-state index contributed by atoms with van der Waals surface area (Å²) in [6, 6.07) is 10.2. The molecule has 2 aromatic rings. The van der Waals surface area contributed by atoms with E-state index >= 15 is 0 Å². The van der Waals surface area contributed by atoms with Gasteiger partial charge >= 0.3 is 0 Å². The standard InChI is InChI=1S/C15H21N3O/c1-13(2)12-19-11-9-17-15-16-8-10-18(15)14-6-4-3-5-7-14/h3-8,10,13H,9,11-12H2,1-2H3,(H,16,17). The van der Waals surface area contributed by atoms with Crippen LogP contribution in [0.4, 0.5) is 5.95 Å². The van der Waals surface area contributed by atoms with Crippen LogP contribution in [0.2, 0.25) is 0 Å². The molecule has 1 aromatic heterocycles. The van der Waals surface area contributed by atoms with E-state index in [-0.39, 0.29) is 0 Å². The van der Waals surface area contributed by atoms with Crippen LogP contribution in [0.25, 0.3) is 5.69 Å². The van der Waals surface area contributed by atoms with Gasteiger partial charge in [-0.05, 0) is 18.1 Å². The van der Waals surface area contributed by atoms with E-state index in [1.54, 1.807) is 6.20 Å². The largest absolute Gasteiger partial charge is 0.379 e. The lowest BCUT2D eigenvalue weighted by atomic mass is 10.2. The molecule has 102 valence electrons. The molecule has 0 aliphatic heterocycles. The Morgan fingerprint density at radius 3 is 2.79 bits per heavy atom. The maximum absolute atomic E-state index is 5.54. The third kappa shape index (κ3) is 4.10. The molecule has 0 unspecified atom stereocenters. The van der Waals surface area contributed by atoms with E-state index in [1.165, 1.54) is 0 Å². The van der Waals surface area contributed by atoms with Crippen molar-refractivity contribution in [2.75, 3.05) is 25.1 Å². The molecule has 0 atom stereocenters. The molecular formula is C15H21N3O. The van der Waals surface area contributed by atoms with Crippen molar-refractivity contribution >= 4 is 5.95 Å². The van der Waals surface area contributed by atoms with Crippen molar-refractivity contribution in [3.8, 4) is 5.69 Å². The van der Waals surface area contributed by atoms with Gasteiger partial charge in [-0.3, -0.25) is 4.57 Å². The zero-order valence-electron chi connectivity index (χ0n) is 11.5. The number of hydrogen-bond donors (Lipinski definition) is 1. The van der Waals surface area contributed by atoms with E-state index in [0.29, 0.717) is 12.5 Å². The minimum Gasteiger partial charge on any atom is -0.379 e. The zero-order chi connectivity index (χ0) is 13.5. The average molecular weight is 259 g/mol. The highest BCUT2D eigenvalue weighted by Crippen LogP contribution is 2.13. The fourth-order valence-electron chi connectivity index (χ4n) is 1.79. The molecule has 4 heteroatoms. The van der Waals surface area contributed by atoms with Crippen LogP contribution in [0.15, 0.2) is 42.7 Å². The predicted octanol–water partition coefficient (Wildman–Crippen LogP) is 2.96. The van der Waals surface area contributed by atoms with Gasteiger partial charge in [0, 0.05) is 31.2 Å². The van der Waals surface area contributed by atoms with E-state index in [2.05, 4.69) is 36.3 Å². The summed E-state index contributed by atoms with van der Waals surface area (Å²) in [4.78, 5) is 4.32. The Labute approximate surface area is 114 Å². The van der Waals surface area contributed by atoms with Crippen molar-refractivity contribution in [3.63, 3.8) is 0 Å². The molecule has 1 aromatic carbocycles. The van der Waals surface area contributed by atoms with Crippen molar-refractivity contribution in [2.45, 2.75) is 13.8 Å². The number of aromatic nitrogens is 2. The fraction of sp³-hybridized carbons (Fsp3) is 0.400. The Balaban J connectivity index is 1.87. The summed E-state index contributed by atoms with van der Waals surface area (Å²) in [7, 11) is 0. The first-order valence-electron chi connectivity index (χ1n) is 6.68. The summed E-state index contributed by atoms with van der Waals surface area (Å²) < 4.78 is 7.57. The Bertz CT molecular complexity index is 479. The van der Waals surface area contributed by atoms with Gasteiger partial charge in [0.1, 0.15) is 0 Å². The topological polar surface area (TPSA) is 39.1 Å². The number of hydrogen-bond acceptors (Lipinski definition) is 3. The molecule has 2 rings (SSSR count). The van der Waals surface area contributed by atoms with Crippen LogP contribution >= 0.6 is 0 Å². The van der Waals surface area contributed by atoms with Crippen LogP contribution < -0.4 is 5.32 Å². The number of imidazole rings is 1. The van der Waals surface area contributed by atoms with Crippen LogP contribution in [-0.4, -0.2) is 29.3 Å². The lowest BCUT2D eigenvalue weighted by molar-refractivity contribution is 0.118. The van der Waals surface area contributed by atoms with Crippen molar-refractivity contribution < 1.29 is 4.74 Å². The minimum atomic E-state index is 0.575. The molecule has 0 spiro atoms. The Morgan fingerprint density at radius 1 is 1.26 bits per heavy atom. The number of nitrogens with one attached hydrogen (secondary N) is 1. The highest BCUT2D eigenvalue weighted by Gasteiger charge is 2.03. The lowest BCUT2D eigenvalue weighted by Gasteiger charge is -2.10. The quantitative estimate of drug-likeness (QED) is 0.777. The third-order valence-electron chi connectivity index (χ3n) is 2.66. The second kappa shape index (κ2) is 6.95. The van der Waals surface area contributed by atoms with Gasteiger partial charge in [0.25, 0.3) is 0 Å². The molecule has 0 bridgehead atoms. The van der Waals surface area contributed by atoms with Gasteiger partial charge in [-0.1, -0.05) is 32.0 Å². The Kier molecular flexibility index (Phi) is 4.98. The van der Waals surface area contributed by atoms with Crippen LogP contribution in [0.1, 0.15) is 13.8 Å². The van der Waals surface area contributed by atoms with Gasteiger partial charge in [-0.15, -0.1) is 0 Å². The van der Waals surface area contributed by atoms with Gasteiger partial charge < -0.3 is 10.1 Å². The minimum absolute atomic E-state index is 0.575. The summed E-state index contributed by atoms with van der Waals surface area (Å²) in [5, 5.41) is 3.29. The molecule has 0 aliphatic rings. The van der Waals surface area contributed by atoms with Crippen LogP contribution in [0.5, 0.6) is 0 Å². The first kappa shape index (κ1) is 13.6. The van der Waals surface area contributed by atoms with Gasteiger partial charge in [-0.25, -0.2) is 4.98 Å². The lowest BCUT2D eigenvalue weighted by Crippen LogP contribution is -2.14. The van der Waals surface area contributed by atoms with Crippen molar-refractivity contribution in [2.24, 2.45) is 5.92 Å². The summed E-state index contributed by atoms with van der Waals surface area (Å²) in [5.41, 5.74) is 1.10. The number of rotatable bonds is 7. The predicted molar refractivity (Wildman–Crippen MR) is 77.7 cm³/mol. The number of ether oxygens (including phenoxy) is 1. The molecule has 0 fully saturated rings. The zero-order valence-corrected chi connectivity index (χ0v) is 11.5. The number of anilines is 1. The van der Waals surface area contributed by atoms with Crippen molar-refractivity contribution in [1.29, 1.82) is 0 Å². The third-order valence-corrected chi connectivity index (χ3v) is 2.66. The van der Waals surface area contributed by atoms with Crippen LogP contribution in [-0.2, 0) is 4.74 Å². The van der Waals surface area contributed by atoms with Gasteiger partial charge in [0.2, 0.25) is 5.95 Å². The average Bonchev–Trinajstić information content (AvgIpc) is 2.87. The fourth-order valence-corrected chi connectivity index (χ4v) is 1.79. The molecule has 19 heavy (non-hydrogen) atoms. The van der Waals surface area contributed by atoms with Gasteiger partial charge in [-0.2, -0.15) is 0 Å². The smallest absolute Gasteiger partial charge is 0.207 e. The Morgan fingerprint density at radius 2 is 2.05 bits per heavy atom. The summed E-state index contributed by atoms with van der Waals surface area (Å²) in [6.45, 7) is 6.55. The van der Waals surface area contributed by atoms with Crippen LogP contribution in [0, 0.1) is 5.92 Å². The Hall–Kier alpha value is -1.81. The monoisotopic (exact) mass is 259 g/mol. The SMILES string of the molecule is CC(C)COCCNc1nccn1-c1ccccc1. The summed E-state index contributed by atoms with van der Waals surface area (Å²) in [5.74, 6) is 1.42. The highest BCUT2D eigenvalue weighted by molar-refractivity contribution is 5.41. The molecule has 1 N–H and O–H groups in total. The van der Waals surface area contributed by atoms with Crippen LogP contribution in [0.3, 0.4) is 0 Å². The van der Waals surface area contributed by atoms with E-state index < -0.39 is 0 Å². The first-order chi connectivity index (χ1) is 9.27. The number of benzene rings is 1. The van der Waals surface area contributed by atoms with E-state index in [4.69, 9.17) is 4.74 Å². The maximum Gasteiger partial charge on any atom is 0.207 e. The molecule has 4 nitrogen and oxygen atoms in total. The van der Waals surface area contributed by atoms with E-state index in [0.717, 1.165) is 24.8 Å². The van der Waals surface area contributed by atoms with E-state index in [1.807, 2.05) is 29.0 Å². The highest BCUT2D eigenvalue weighted by atomic mass is 16.5. The number of para-hydroxylation sites is 1. The molecule has 0 amide bonds. The normalized spacial score (nSPS) is 10.9. The van der Waals surface area contributed by atoms with Gasteiger partial charge in [0.15, 0.2) is 0 Å². The molecule has 0 saturated carbocycles. The summed E-state index contributed by atoms with van der Waals surface area (Å²) >= 11 is 0. The molecule has 0 saturated heterocycles. The molecular weight excluding hydrogens is 238 g/mol. The second-order valence-electron chi connectivity index (χ2n) is 4.85. The molecule has 0 aliphatic carbocycles. The van der Waals surface area contributed by atoms with Crippen molar-refractivity contribution in [1.82, 2.24) is 9.55 Å². The summed E-state index contributed by atoms with van der Waals surface area (Å²) in [6.07, 6.45) is 3.75. The molecule has 1 heterocycles. The number of nitrogens with zero attached hydrogens (tertiary/aromatic N) is 2. The first-order valence-corrected chi connectivity index (χ1v) is 6.68. The second-order valence-corrected chi connectivity index (χ2v) is 4.85. The van der Waals surface area contributed by atoms with Crippen molar-refractivity contribution in [3.05, 3.63) is 42.7 Å².